The van der Waals surface area contributed by atoms with E-state index >= 15 is 0 Å². The molecule has 1 amide bonds. The molecule has 1 heterocycles. The predicted octanol–water partition coefficient (Wildman–Crippen LogP) is 4.21. The van der Waals surface area contributed by atoms with Gasteiger partial charge < -0.3 is 15.4 Å². The number of ether oxygens (including phenoxy) is 1. The maximum absolute atomic E-state index is 11.6. The van der Waals surface area contributed by atoms with E-state index < -0.39 is 5.60 Å². The molecule has 0 bridgehead atoms. The van der Waals surface area contributed by atoms with E-state index in [4.69, 9.17) is 4.74 Å². The lowest BCUT2D eigenvalue weighted by Gasteiger charge is -2.22. The van der Waals surface area contributed by atoms with Crippen LogP contribution in [0.1, 0.15) is 43.9 Å². The average Bonchev–Trinajstić information content (AvgIpc) is 2.67. The first kappa shape index (κ1) is 18.5. The van der Waals surface area contributed by atoms with Crippen molar-refractivity contribution in [3.8, 4) is 0 Å². The van der Waals surface area contributed by atoms with E-state index in [1.807, 2.05) is 20.8 Å². The van der Waals surface area contributed by atoms with Crippen molar-refractivity contribution < 1.29 is 9.53 Å². The van der Waals surface area contributed by atoms with Crippen LogP contribution in [0.5, 0.6) is 0 Å². The molecule has 0 fully saturated rings. The van der Waals surface area contributed by atoms with Gasteiger partial charge in [-0.2, -0.15) is 0 Å². The first-order valence-electron chi connectivity index (χ1n) is 7.16. The summed E-state index contributed by atoms with van der Waals surface area (Å²) in [6.45, 7) is 11.2. The second-order valence-corrected chi connectivity index (χ2v) is 8.18. The molecule has 0 spiro atoms. The van der Waals surface area contributed by atoms with Gasteiger partial charge in [0.2, 0.25) is 0 Å². The number of carbonyl (C=O) groups excluding carboxylic acids is 1. The maximum atomic E-state index is 11.6. The van der Waals surface area contributed by atoms with Crippen molar-refractivity contribution in [2.45, 2.75) is 59.2 Å². The van der Waals surface area contributed by atoms with Gasteiger partial charge in [0.25, 0.3) is 0 Å². The highest BCUT2D eigenvalue weighted by molar-refractivity contribution is 9.10. The number of halogens is 1. The summed E-state index contributed by atoms with van der Waals surface area (Å²) in [6, 6.07) is 2.37. The Hall–Kier alpha value is -0.590. The van der Waals surface area contributed by atoms with Gasteiger partial charge in [-0.25, -0.2) is 4.79 Å². The Labute approximate surface area is 139 Å². The van der Waals surface area contributed by atoms with Gasteiger partial charge in [0.1, 0.15) is 5.60 Å². The first-order chi connectivity index (χ1) is 9.71. The van der Waals surface area contributed by atoms with Gasteiger partial charge in [0, 0.05) is 33.4 Å². The van der Waals surface area contributed by atoms with Gasteiger partial charge in [-0.1, -0.05) is 6.92 Å². The fraction of sp³-hybridized carbons (Fsp3) is 0.667. The van der Waals surface area contributed by atoms with Gasteiger partial charge >= 0.3 is 6.09 Å². The van der Waals surface area contributed by atoms with Crippen LogP contribution in [0, 0.1) is 6.92 Å². The van der Waals surface area contributed by atoms with E-state index in [1.54, 1.807) is 11.3 Å². The third-order valence-corrected chi connectivity index (χ3v) is 4.99. The zero-order chi connectivity index (χ0) is 16.0. The minimum atomic E-state index is -0.458. The van der Waals surface area contributed by atoms with Crippen molar-refractivity contribution in [1.82, 2.24) is 10.6 Å². The molecule has 0 radical (unpaired) electrons. The van der Waals surface area contributed by atoms with Gasteiger partial charge in [-0.05, 0) is 56.1 Å². The van der Waals surface area contributed by atoms with E-state index in [-0.39, 0.29) is 12.1 Å². The number of alkyl carbamates (subject to hydrolysis) is 1. The molecule has 1 unspecified atom stereocenters. The van der Waals surface area contributed by atoms with E-state index in [2.05, 4.69) is 46.5 Å². The van der Waals surface area contributed by atoms with E-state index in [9.17, 15) is 4.79 Å². The van der Waals surface area contributed by atoms with Crippen molar-refractivity contribution in [2.75, 3.05) is 6.54 Å². The van der Waals surface area contributed by atoms with Gasteiger partial charge in [-0.15, -0.1) is 11.3 Å². The fourth-order valence-electron chi connectivity index (χ4n) is 1.73. The highest BCUT2D eigenvalue weighted by atomic mass is 79.9. The SMILES string of the molecule is CCC(CNC(=O)OC(C)(C)C)NCc1cc(Br)c(C)s1. The Morgan fingerprint density at radius 1 is 1.48 bits per heavy atom. The molecule has 1 atom stereocenters. The van der Waals surface area contributed by atoms with Gasteiger partial charge in [0.15, 0.2) is 0 Å². The number of carbonyl (C=O) groups is 1. The van der Waals surface area contributed by atoms with Crippen LogP contribution in [0.15, 0.2) is 10.5 Å². The molecule has 6 heteroatoms. The lowest BCUT2D eigenvalue weighted by Crippen LogP contribution is -2.42. The monoisotopic (exact) mass is 376 g/mol. The van der Waals surface area contributed by atoms with Crippen molar-refractivity contribution in [3.63, 3.8) is 0 Å². The highest BCUT2D eigenvalue weighted by Crippen LogP contribution is 2.26. The number of nitrogens with one attached hydrogen (secondary N) is 2. The Bertz CT molecular complexity index is 449. The molecule has 1 aromatic heterocycles. The number of aryl methyl sites for hydroxylation is 1. The summed E-state index contributed by atoms with van der Waals surface area (Å²) in [4.78, 5) is 14.2. The fourth-order valence-corrected chi connectivity index (χ4v) is 3.28. The normalized spacial score (nSPS) is 13.0. The number of hydrogen-bond donors (Lipinski definition) is 2. The number of amides is 1. The molecule has 0 aromatic carbocycles. The quantitative estimate of drug-likeness (QED) is 0.781. The summed E-state index contributed by atoms with van der Waals surface area (Å²) in [7, 11) is 0. The first-order valence-corrected chi connectivity index (χ1v) is 8.77. The summed E-state index contributed by atoms with van der Waals surface area (Å²) in [5.74, 6) is 0. The second-order valence-electron chi connectivity index (χ2n) is 5.99. The third-order valence-electron chi connectivity index (χ3n) is 2.86. The van der Waals surface area contributed by atoms with E-state index in [0.717, 1.165) is 17.4 Å². The maximum Gasteiger partial charge on any atom is 0.407 e. The summed E-state index contributed by atoms with van der Waals surface area (Å²) in [6.07, 6.45) is 0.582. The van der Waals surface area contributed by atoms with Crippen molar-refractivity contribution in [1.29, 1.82) is 0 Å². The molecule has 0 aliphatic carbocycles. The van der Waals surface area contributed by atoms with Gasteiger partial charge in [0.05, 0.1) is 0 Å². The smallest absolute Gasteiger partial charge is 0.407 e. The predicted molar refractivity (Wildman–Crippen MR) is 91.9 cm³/mol. The highest BCUT2D eigenvalue weighted by Gasteiger charge is 2.17. The number of hydrogen-bond acceptors (Lipinski definition) is 4. The third kappa shape index (κ3) is 7.29. The molecule has 0 saturated carbocycles. The lowest BCUT2D eigenvalue weighted by molar-refractivity contribution is 0.0522. The average molecular weight is 377 g/mol. The Morgan fingerprint density at radius 3 is 2.62 bits per heavy atom. The van der Waals surface area contributed by atoms with Crippen LogP contribution in [0.25, 0.3) is 0 Å². The molecule has 0 saturated heterocycles. The molecule has 4 nitrogen and oxygen atoms in total. The molecular formula is C15H25BrN2O2S. The van der Waals surface area contributed by atoms with Crippen LogP contribution in [0.4, 0.5) is 4.79 Å². The minimum Gasteiger partial charge on any atom is -0.444 e. The summed E-state index contributed by atoms with van der Waals surface area (Å²) in [5, 5.41) is 6.28. The van der Waals surface area contributed by atoms with Crippen molar-refractivity contribution in [2.24, 2.45) is 0 Å². The summed E-state index contributed by atoms with van der Waals surface area (Å²) >= 11 is 5.30. The van der Waals surface area contributed by atoms with Crippen LogP contribution >= 0.6 is 27.3 Å². The van der Waals surface area contributed by atoms with E-state index in [0.29, 0.717) is 6.54 Å². The zero-order valence-electron chi connectivity index (χ0n) is 13.4. The Kier molecular flexibility index (Phi) is 7.16. The standard InChI is InChI=1S/C15H25BrN2O2S/c1-6-11(8-18-14(19)20-15(3,4)5)17-9-12-7-13(16)10(2)21-12/h7,11,17H,6,8-9H2,1-5H3,(H,18,19). The van der Waals surface area contributed by atoms with E-state index in [1.165, 1.54) is 9.75 Å². The molecule has 21 heavy (non-hydrogen) atoms. The van der Waals surface area contributed by atoms with Gasteiger partial charge in [-0.3, -0.25) is 0 Å². The largest absolute Gasteiger partial charge is 0.444 e. The summed E-state index contributed by atoms with van der Waals surface area (Å²) < 4.78 is 6.39. The van der Waals surface area contributed by atoms with Crippen LogP contribution in [0.2, 0.25) is 0 Å². The molecule has 1 rings (SSSR count). The molecule has 0 aliphatic rings. The van der Waals surface area contributed by atoms with Crippen LogP contribution in [0.3, 0.4) is 0 Å². The second kappa shape index (κ2) is 8.15. The lowest BCUT2D eigenvalue weighted by atomic mass is 10.2. The topological polar surface area (TPSA) is 50.4 Å². The molecular weight excluding hydrogens is 352 g/mol. The molecule has 2 N–H and O–H groups in total. The Morgan fingerprint density at radius 2 is 2.14 bits per heavy atom. The molecule has 1 aromatic rings. The summed E-state index contributed by atoms with van der Waals surface area (Å²) in [5.41, 5.74) is -0.458. The van der Waals surface area contributed by atoms with Crippen LogP contribution in [-0.4, -0.2) is 24.3 Å². The van der Waals surface area contributed by atoms with Crippen LogP contribution in [-0.2, 0) is 11.3 Å². The number of thiophene rings is 1. The van der Waals surface area contributed by atoms with Crippen molar-refractivity contribution in [3.05, 3.63) is 20.3 Å². The molecule has 120 valence electrons. The number of rotatable bonds is 6. The van der Waals surface area contributed by atoms with Crippen LogP contribution < -0.4 is 10.6 Å². The Balaban J connectivity index is 2.36. The molecule has 0 aliphatic heterocycles. The zero-order valence-corrected chi connectivity index (χ0v) is 15.8. The minimum absolute atomic E-state index is 0.235. The van der Waals surface area contributed by atoms with Crippen molar-refractivity contribution >= 4 is 33.4 Å².